The Morgan fingerprint density at radius 2 is 1.72 bits per heavy atom. The summed E-state index contributed by atoms with van der Waals surface area (Å²) in [4.78, 5) is 10.7. The molecule has 1 aliphatic heterocycles. The van der Waals surface area contributed by atoms with Crippen LogP contribution in [-0.2, 0) is 30.5 Å². The van der Waals surface area contributed by atoms with Gasteiger partial charge in [-0.3, -0.25) is 4.79 Å². The van der Waals surface area contributed by atoms with Crippen LogP contribution in [0.15, 0.2) is 0 Å². The summed E-state index contributed by atoms with van der Waals surface area (Å²) in [6.07, 6.45) is 0. The third-order valence-corrected chi connectivity index (χ3v) is 4.59. The van der Waals surface area contributed by atoms with Crippen LogP contribution < -0.4 is 0 Å². The summed E-state index contributed by atoms with van der Waals surface area (Å²) in [6.45, 7) is 3.38. The predicted octanol–water partition coefficient (Wildman–Crippen LogP) is 0.275. The Morgan fingerprint density at radius 1 is 1.33 bits per heavy atom. The van der Waals surface area contributed by atoms with Crippen molar-refractivity contribution in [3.05, 3.63) is 0 Å². The van der Waals surface area contributed by atoms with Crippen molar-refractivity contribution in [3.8, 4) is 0 Å². The van der Waals surface area contributed by atoms with Crippen LogP contribution in [0.5, 0.6) is 0 Å². The summed E-state index contributed by atoms with van der Waals surface area (Å²) in [5, 5.41) is 0. The van der Waals surface area contributed by atoms with E-state index in [1.807, 2.05) is 0 Å². The minimum Gasteiger partial charge on any atom is -0.741 e. The smallest absolute Gasteiger partial charge is 0.485 e. The highest BCUT2D eigenvalue weighted by molar-refractivity contribution is 7.97. The molecular formula is C8H13F3O5S2. The van der Waals surface area contributed by atoms with E-state index in [9.17, 15) is 18.0 Å². The van der Waals surface area contributed by atoms with Gasteiger partial charge in [-0.05, 0) is 17.8 Å². The first-order valence-electron chi connectivity index (χ1n) is 4.77. The number of halogens is 3. The van der Waals surface area contributed by atoms with Gasteiger partial charge in [0, 0.05) is 0 Å². The van der Waals surface area contributed by atoms with Crippen LogP contribution in [0.3, 0.4) is 0 Å². The van der Waals surface area contributed by atoms with E-state index in [0.717, 1.165) is 30.5 Å². The molecule has 1 rings (SSSR count). The van der Waals surface area contributed by atoms with Crippen molar-refractivity contribution in [2.45, 2.75) is 12.4 Å². The molecule has 0 N–H and O–H groups in total. The highest BCUT2D eigenvalue weighted by Crippen LogP contribution is 2.20. The molecule has 0 unspecified atom stereocenters. The number of rotatable bonds is 2. The molecule has 0 bridgehead atoms. The maximum Gasteiger partial charge on any atom is 0.485 e. The molecule has 0 saturated carbocycles. The van der Waals surface area contributed by atoms with Gasteiger partial charge >= 0.3 is 5.51 Å². The van der Waals surface area contributed by atoms with Crippen molar-refractivity contribution in [2.75, 3.05) is 30.5 Å². The minimum absolute atomic E-state index is 0.324. The van der Waals surface area contributed by atoms with Gasteiger partial charge < -0.3 is 9.29 Å². The average molecular weight is 310 g/mol. The van der Waals surface area contributed by atoms with Gasteiger partial charge in [0.25, 0.3) is 0 Å². The highest BCUT2D eigenvalue weighted by atomic mass is 32.2. The van der Waals surface area contributed by atoms with E-state index in [2.05, 4.69) is 0 Å². The molecule has 1 heterocycles. The first kappa shape index (κ1) is 17.7. The van der Waals surface area contributed by atoms with Crippen molar-refractivity contribution >= 4 is 26.8 Å². The number of ketones is 1. The third kappa shape index (κ3) is 7.90. The van der Waals surface area contributed by atoms with E-state index in [4.69, 9.17) is 17.7 Å². The summed E-state index contributed by atoms with van der Waals surface area (Å²) < 4.78 is 64.1. The molecular weight excluding hydrogens is 297 g/mol. The molecule has 1 saturated heterocycles. The summed E-state index contributed by atoms with van der Waals surface area (Å²) in [5.74, 6) is 3.30. The SMILES string of the molecule is CC(=O)C[S+]1CCOCC1.O=S(=O)([O-])C(F)(F)F. The molecule has 0 amide bonds. The second-order valence-corrected chi connectivity index (χ2v) is 7.08. The molecule has 0 aromatic carbocycles. The average Bonchev–Trinajstić information content (AvgIpc) is 2.15. The van der Waals surface area contributed by atoms with Gasteiger partial charge in [0.05, 0.1) is 13.2 Å². The molecule has 5 nitrogen and oxygen atoms in total. The molecule has 0 spiro atoms. The van der Waals surface area contributed by atoms with Crippen LogP contribution in [-0.4, -0.2) is 54.7 Å². The fourth-order valence-corrected chi connectivity index (χ4v) is 2.76. The maximum absolute atomic E-state index is 10.7. The Hall–Kier alpha value is -0.320. The van der Waals surface area contributed by atoms with Crippen LogP contribution in [0.1, 0.15) is 6.92 Å². The number of hydrogen-bond acceptors (Lipinski definition) is 5. The van der Waals surface area contributed by atoms with E-state index >= 15 is 0 Å². The quantitative estimate of drug-likeness (QED) is 0.415. The number of carbonyl (C=O) groups is 1. The van der Waals surface area contributed by atoms with Crippen LogP contribution in [0.2, 0.25) is 0 Å². The van der Waals surface area contributed by atoms with E-state index < -0.39 is 15.6 Å². The van der Waals surface area contributed by atoms with Crippen molar-refractivity contribution in [1.29, 1.82) is 0 Å². The summed E-state index contributed by atoms with van der Waals surface area (Å²) in [7, 11) is -5.74. The second kappa shape index (κ2) is 7.31. The summed E-state index contributed by atoms with van der Waals surface area (Å²) in [6, 6.07) is 0. The van der Waals surface area contributed by atoms with E-state index in [1.54, 1.807) is 6.92 Å². The van der Waals surface area contributed by atoms with Gasteiger partial charge in [0.1, 0.15) is 11.5 Å². The van der Waals surface area contributed by atoms with E-state index in [1.165, 1.54) is 0 Å². The van der Waals surface area contributed by atoms with Crippen molar-refractivity contribution in [1.82, 2.24) is 0 Å². The predicted molar refractivity (Wildman–Crippen MR) is 59.2 cm³/mol. The highest BCUT2D eigenvalue weighted by Gasteiger charge is 2.36. The molecule has 0 radical (unpaired) electrons. The zero-order valence-corrected chi connectivity index (χ0v) is 11.2. The Morgan fingerprint density at radius 3 is 2.00 bits per heavy atom. The van der Waals surface area contributed by atoms with E-state index in [-0.39, 0.29) is 0 Å². The van der Waals surface area contributed by atoms with Gasteiger partial charge in [0.2, 0.25) is 0 Å². The van der Waals surface area contributed by atoms with Gasteiger partial charge in [-0.2, -0.15) is 13.2 Å². The zero-order valence-electron chi connectivity index (χ0n) is 9.53. The molecule has 0 aromatic heterocycles. The molecule has 1 aliphatic rings. The van der Waals surface area contributed by atoms with Gasteiger partial charge in [-0.25, -0.2) is 8.42 Å². The largest absolute Gasteiger partial charge is 0.741 e. The van der Waals surface area contributed by atoms with Crippen molar-refractivity contribution in [3.63, 3.8) is 0 Å². The fourth-order valence-electron chi connectivity index (χ4n) is 0.989. The Bertz CT molecular complexity index is 359. The first-order chi connectivity index (χ1) is 8.04. The number of alkyl halides is 3. The van der Waals surface area contributed by atoms with Crippen LogP contribution in [0, 0.1) is 0 Å². The molecule has 0 aliphatic carbocycles. The lowest BCUT2D eigenvalue weighted by Gasteiger charge is -2.12. The van der Waals surface area contributed by atoms with Crippen LogP contribution in [0.25, 0.3) is 0 Å². The topological polar surface area (TPSA) is 83.5 Å². The molecule has 1 fully saturated rings. The van der Waals surface area contributed by atoms with Gasteiger partial charge in [0.15, 0.2) is 21.7 Å². The third-order valence-electron chi connectivity index (χ3n) is 1.72. The normalized spacial score (nSPS) is 17.8. The maximum atomic E-state index is 10.7. The van der Waals surface area contributed by atoms with Crippen molar-refractivity contribution < 1.29 is 35.7 Å². The minimum atomic E-state index is -6.09. The Labute approximate surface area is 106 Å². The molecule has 18 heavy (non-hydrogen) atoms. The molecule has 0 atom stereocenters. The summed E-state index contributed by atoms with van der Waals surface area (Å²) in [5.41, 5.74) is -5.65. The van der Waals surface area contributed by atoms with Crippen LogP contribution >= 0.6 is 0 Å². The van der Waals surface area contributed by atoms with Crippen molar-refractivity contribution in [2.24, 2.45) is 0 Å². The number of hydrogen-bond donors (Lipinski definition) is 0. The van der Waals surface area contributed by atoms with Gasteiger partial charge in [-0.1, -0.05) is 0 Å². The lowest BCUT2D eigenvalue weighted by atomic mass is 10.5. The standard InChI is InChI=1S/C7H13O2S.CHF3O3S/c1-7(8)6-10-4-2-9-3-5-10;2-1(3,4)8(5,6)7/h2-6H2,1H3;(H,5,6,7)/q+1;/p-1. The fraction of sp³-hybridized carbons (Fsp3) is 0.875. The lowest BCUT2D eigenvalue weighted by molar-refractivity contribution is -0.114. The Balaban J connectivity index is 0.000000331. The summed E-state index contributed by atoms with van der Waals surface area (Å²) >= 11 is 0. The molecule has 10 heteroatoms. The second-order valence-electron chi connectivity index (χ2n) is 3.38. The monoisotopic (exact) mass is 310 g/mol. The Kier molecular flexibility index (Phi) is 7.18. The van der Waals surface area contributed by atoms with Crippen LogP contribution in [0.4, 0.5) is 13.2 Å². The lowest BCUT2D eigenvalue weighted by Crippen LogP contribution is -2.30. The zero-order chi connectivity index (χ0) is 14.4. The van der Waals surface area contributed by atoms with E-state index in [0.29, 0.717) is 16.7 Å². The first-order valence-corrected chi connectivity index (χ1v) is 7.91. The number of Topliss-reactive ketones (excluding diaryl/α,β-unsaturated/α-hetero) is 1. The van der Waals surface area contributed by atoms with Gasteiger partial charge in [-0.15, -0.1) is 0 Å². The molecule has 108 valence electrons. The molecule has 0 aromatic rings. The number of ether oxygens (including phenoxy) is 1. The number of carbonyl (C=O) groups excluding carboxylic acids is 1.